The first-order valence-corrected chi connectivity index (χ1v) is 5.63. The van der Waals surface area contributed by atoms with Crippen LogP contribution >= 0.6 is 0 Å². The summed E-state index contributed by atoms with van der Waals surface area (Å²) in [6.07, 6.45) is 1.06. The van der Waals surface area contributed by atoms with Crippen LogP contribution in [0.5, 0.6) is 0 Å². The van der Waals surface area contributed by atoms with Crippen LogP contribution in [0.15, 0.2) is 5.11 Å². The fraction of sp³-hybridized carbons (Fsp3) is 0.900. The number of ether oxygens (including phenoxy) is 2. The Bertz CT molecular complexity index is 317. The lowest BCUT2D eigenvalue weighted by Gasteiger charge is -2.30. The van der Waals surface area contributed by atoms with E-state index in [9.17, 15) is 4.79 Å². The van der Waals surface area contributed by atoms with Crippen LogP contribution in [0.3, 0.4) is 0 Å². The van der Waals surface area contributed by atoms with E-state index in [0.717, 1.165) is 0 Å². The van der Waals surface area contributed by atoms with Gasteiger partial charge in [0, 0.05) is 24.5 Å². The maximum Gasteiger partial charge on any atom is 0.328 e. The van der Waals surface area contributed by atoms with Crippen molar-refractivity contribution < 1.29 is 14.3 Å². The number of hydrogen-bond donors (Lipinski definition) is 1. The van der Waals surface area contributed by atoms with Crippen molar-refractivity contribution in [2.45, 2.75) is 31.4 Å². The summed E-state index contributed by atoms with van der Waals surface area (Å²) in [6.45, 7) is 3.39. The highest BCUT2D eigenvalue weighted by Crippen LogP contribution is 2.27. The minimum absolute atomic E-state index is 0.214. The number of carbonyl (C=O) groups excluding carboxylic acids is 1. The third-order valence-electron chi connectivity index (χ3n) is 3.05. The molecular formula is C10H18N4O3. The molecule has 1 N–H and O–H groups in total. The number of esters is 1. The van der Waals surface area contributed by atoms with E-state index in [1.165, 1.54) is 7.11 Å². The van der Waals surface area contributed by atoms with E-state index in [2.05, 4.69) is 15.3 Å². The van der Waals surface area contributed by atoms with Crippen LogP contribution in [-0.2, 0) is 14.3 Å². The molecule has 0 amide bonds. The average Bonchev–Trinajstić information content (AvgIpc) is 2.71. The summed E-state index contributed by atoms with van der Waals surface area (Å²) in [6, 6.07) is 0. The molecule has 1 aliphatic rings. The van der Waals surface area contributed by atoms with Gasteiger partial charge in [0.2, 0.25) is 0 Å². The second-order valence-electron chi connectivity index (χ2n) is 3.96. The molecule has 0 bridgehead atoms. The zero-order chi connectivity index (χ0) is 12.7. The lowest BCUT2D eigenvalue weighted by atomic mass is 9.92. The molecule has 0 radical (unpaired) electrons. The fourth-order valence-corrected chi connectivity index (χ4v) is 2.00. The number of nitrogens with one attached hydrogen (secondary N) is 1. The van der Waals surface area contributed by atoms with Crippen molar-refractivity contribution in [1.82, 2.24) is 5.32 Å². The molecule has 1 rings (SSSR count). The SMILES string of the molecule is COC(=O)C1(NCCCN=[N+]=[N-])CCOC1C. The molecule has 7 heteroatoms. The molecule has 0 aromatic carbocycles. The minimum atomic E-state index is -0.759. The molecule has 1 fully saturated rings. The Morgan fingerprint density at radius 1 is 1.76 bits per heavy atom. The summed E-state index contributed by atoms with van der Waals surface area (Å²) in [5.41, 5.74) is 7.38. The van der Waals surface area contributed by atoms with E-state index in [-0.39, 0.29) is 12.1 Å². The maximum atomic E-state index is 11.8. The van der Waals surface area contributed by atoms with Gasteiger partial charge in [0.1, 0.15) is 5.54 Å². The van der Waals surface area contributed by atoms with Crippen LogP contribution in [0.4, 0.5) is 0 Å². The first-order valence-electron chi connectivity index (χ1n) is 5.63. The van der Waals surface area contributed by atoms with Crippen molar-refractivity contribution in [1.29, 1.82) is 0 Å². The van der Waals surface area contributed by atoms with Gasteiger partial charge in [-0.15, -0.1) is 0 Å². The monoisotopic (exact) mass is 242 g/mol. The normalized spacial score (nSPS) is 27.5. The van der Waals surface area contributed by atoms with Gasteiger partial charge < -0.3 is 9.47 Å². The number of azide groups is 1. The molecule has 0 spiro atoms. The van der Waals surface area contributed by atoms with Gasteiger partial charge in [-0.2, -0.15) is 0 Å². The van der Waals surface area contributed by atoms with Gasteiger partial charge in [-0.25, -0.2) is 4.79 Å². The topological polar surface area (TPSA) is 96.3 Å². The third kappa shape index (κ3) is 3.09. The Morgan fingerprint density at radius 3 is 3.06 bits per heavy atom. The first-order chi connectivity index (χ1) is 8.17. The summed E-state index contributed by atoms with van der Waals surface area (Å²) >= 11 is 0. The second-order valence-corrected chi connectivity index (χ2v) is 3.96. The Balaban J connectivity index is 2.53. The minimum Gasteiger partial charge on any atom is -0.468 e. The van der Waals surface area contributed by atoms with Gasteiger partial charge in [-0.05, 0) is 25.4 Å². The van der Waals surface area contributed by atoms with Crippen molar-refractivity contribution in [3.05, 3.63) is 10.4 Å². The molecule has 1 saturated heterocycles. The highest BCUT2D eigenvalue weighted by atomic mass is 16.5. The second kappa shape index (κ2) is 6.44. The van der Waals surface area contributed by atoms with E-state index in [1.54, 1.807) is 0 Å². The third-order valence-corrected chi connectivity index (χ3v) is 3.05. The van der Waals surface area contributed by atoms with E-state index in [1.807, 2.05) is 6.92 Å². The number of hydrogen-bond acceptors (Lipinski definition) is 5. The lowest BCUT2D eigenvalue weighted by molar-refractivity contribution is -0.150. The molecule has 2 atom stereocenters. The molecular weight excluding hydrogens is 224 g/mol. The molecule has 17 heavy (non-hydrogen) atoms. The van der Waals surface area contributed by atoms with Crippen LogP contribution in [0.2, 0.25) is 0 Å². The Labute approximate surface area is 100 Å². The van der Waals surface area contributed by atoms with Gasteiger partial charge in [0.05, 0.1) is 13.2 Å². The van der Waals surface area contributed by atoms with Gasteiger partial charge in [-0.1, -0.05) is 5.11 Å². The smallest absolute Gasteiger partial charge is 0.328 e. The summed E-state index contributed by atoms with van der Waals surface area (Å²) in [7, 11) is 1.37. The Morgan fingerprint density at radius 2 is 2.53 bits per heavy atom. The summed E-state index contributed by atoms with van der Waals surface area (Å²) in [5.74, 6) is -0.300. The zero-order valence-corrected chi connectivity index (χ0v) is 10.2. The quantitative estimate of drug-likeness (QED) is 0.247. The van der Waals surface area contributed by atoms with Gasteiger partial charge in [-0.3, -0.25) is 5.32 Å². The van der Waals surface area contributed by atoms with Crippen molar-refractivity contribution in [2.75, 3.05) is 26.8 Å². The number of methoxy groups -OCH3 is 1. The molecule has 7 nitrogen and oxygen atoms in total. The van der Waals surface area contributed by atoms with Crippen LogP contribution in [0.25, 0.3) is 10.4 Å². The van der Waals surface area contributed by atoms with Crippen molar-refractivity contribution in [3.8, 4) is 0 Å². The van der Waals surface area contributed by atoms with E-state index < -0.39 is 5.54 Å². The van der Waals surface area contributed by atoms with E-state index in [0.29, 0.717) is 32.5 Å². The molecule has 0 saturated carbocycles. The maximum absolute atomic E-state index is 11.8. The van der Waals surface area contributed by atoms with Gasteiger partial charge in [0.15, 0.2) is 0 Å². The van der Waals surface area contributed by atoms with Crippen LogP contribution in [0, 0.1) is 0 Å². The van der Waals surface area contributed by atoms with Crippen molar-refractivity contribution >= 4 is 5.97 Å². The van der Waals surface area contributed by atoms with Gasteiger partial charge in [0.25, 0.3) is 0 Å². The molecule has 0 aliphatic carbocycles. The van der Waals surface area contributed by atoms with Crippen LogP contribution < -0.4 is 5.32 Å². The predicted octanol–water partition coefficient (Wildman–Crippen LogP) is 0.997. The molecule has 2 unspecified atom stereocenters. The fourth-order valence-electron chi connectivity index (χ4n) is 2.00. The van der Waals surface area contributed by atoms with E-state index in [4.69, 9.17) is 15.0 Å². The standard InChI is InChI=1S/C10H18N4O3/c1-8-10(4-7-17-8,9(15)16-2)12-5-3-6-13-14-11/h8,12H,3-7H2,1-2H3. The Kier molecular flexibility index (Phi) is 5.21. The first kappa shape index (κ1) is 13.8. The highest BCUT2D eigenvalue weighted by molar-refractivity contribution is 5.82. The highest BCUT2D eigenvalue weighted by Gasteiger charge is 2.48. The van der Waals surface area contributed by atoms with Crippen LogP contribution in [0.1, 0.15) is 19.8 Å². The van der Waals surface area contributed by atoms with Crippen molar-refractivity contribution in [2.24, 2.45) is 5.11 Å². The van der Waals surface area contributed by atoms with Crippen molar-refractivity contribution in [3.63, 3.8) is 0 Å². The number of nitrogens with zero attached hydrogens (tertiary/aromatic N) is 3. The zero-order valence-electron chi connectivity index (χ0n) is 10.2. The number of carbonyl (C=O) groups is 1. The average molecular weight is 242 g/mol. The molecule has 0 aromatic heterocycles. The predicted molar refractivity (Wildman–Crippen MR) is 61.4 cm³/mol. The van der Waals surface area contributed by atoms with E-state index >= 15 is 0 Å². The number of rotatable bonds is 6. The summed E-state index contributed by atoms with van der Waals surface area (Å²) < 4.78 is 10.2. The largest absolute Gasteiger partial charge is 0.468 e. The summed E-state index contributed by atoms with van der Waals surface area (Å²) in [5, 5.41) is 6.61. The lowest BCUT2D eigenvalue weighted by Crippen LogP contribution is -2.57. The molecule has 0 aromatic rings. The van der Waals surface area contributed by atoms with Crippen LogP contribution in [-0.4, -0.2) is 44.4 Å². The summed E-state index contributed by atoms with van der Waals surface area (Å²) in [4.78, 5) is 14.5. The molecule has 96 valence electrons. The Hall–Kier alpha value is -1.30. The molecule has 1 aliphatic heterocycles. The molecule has 1 heterocycles. The van der Waals surface area contributed by atoms with Gasteiger partial charge >= 0.3 is 5.97 Å².